The van der Waals surface area contributed by atoms with Crippen LogP contribution in [0.25, 0.3) is 0 Å². The third kappa shape index (κ3) is 6.50. The normalized spacial score (nSPS) is 12.4. The van der Waals surface area contributed by atoms with Crippen molar-refractivity contribution < 1.29 is 8.78 Å². The third-order valence-electron chi connectivity index (χ3n) is 3.43. The van der Waals surface area contributed by atoms with E-state index in [1.165, 1.54) is 12.1 Å². The molecule has 0 aliphatic heterocycles. The first-order valence-electron chi connectivity index (χ1n) is 7.96. The Balaban J connectivity index is 0.00000312. The summed E-state index contributed by atoms with van der Waals surface area (Å²) in [6.45, 7) is 6.96. The largest absolute Gasteiger partial charge is 0.357 e. The van der Waals surface area contributed by atoms with Crippen LogP contribution in [0.15, 0.2) is 28.6 Å². The summed E-state index contributed by atoms with van der Waals surface area (Å²) in [7, 11) is 0. The van der Waals surface area contributed by atoms with Crippen molar-refractivity contribution >= 4 is 41.3 Å². The summed E-state index contributed by atoms with van der Waals surface area (Å²) in [4.78, 5) is 8.96. The Morgan fingerprint density at radius 1 is 1.32 bits per heavy atom. The zero-order chi connectivity index (χ0) is 17.5. The Hall–Kier alpha value is -1.29. The Labute approximate surface area is 168 Å². The van der Waals surface area contributed by atoms with Gasteiger partial charge in [0.1, 0.15) is 11.6 Å². The van der Waals surface area contributed by atoms with Gasteiger partial charge in [0.25, 0.3) is 0 Å². The van der Waals surface area contributed by atoms with Crippen LogP contribution in [0.4, 0.5) is 8.78 Å². The smallest absolute Gasteiger partial charge is 0.192 e. The van der Waals surface area contributed by atoms with Crippen molar-refractivity contribution in [3.63, 3.8) is 0 Å². The number of rotatable bonds is 6. The maximum absolute atomic E-state index is 13.9. The highest BCUT2D eigenvalue weighted by Gasteiger charge is 2.13. The lowest BCUT2D eigenvalue weighted by Gasteiger charge is -2.18. The first kappa shape index (κ1) is 21.8. The molecule has 25 heavy (non-hydrogen) atoms. The Bertz CT molecular complexity index is 706. The number of aromatic nitrogens is 1. The molecule has 1 unspecified atom stereocenters. The van der Waals surface area contributed by atoms with Gasteiger partial charge in [0.2, 0.25) is 0 Å². The molecular weight excluding hydrogens is 457 g/mol. The predicted octanol–water partition coefficient (Wildman–Crippen LogP) is 4.42. The van der Waals surface area contributed by atoms with E-state index in [4.69, 9.17) is 0 Å². The maximum Gasteiger partial charge on any atom is 0.192 e. The van der Waals surface area contributed by atoms with E-state index in [0.29, 0.717) is 24.6 Å². The van der Waals surface area contributed by atoms with Crippen LogP contribution >= 0.6 is 35.3 Å². The zero-order valence-corrected chi connectivity index (χ0v) is 17.6. The summed E-state index contributed by atoms with van der Waals surface area (Å²) in [5.41, 5.74) is 1.30. The average Bonchev–Trinajstić information content (AvgIpc) is 3.00. The average molecular weight is 480 g/mol. The number of benzene rings is 1. The van der Waals surface area contributed by atoms with Crippen LogP contribution in [0.2, 0.25) is 0 Å². The molecule has 1 aromatic heterocycles. The molecule has 0 radical (unpaired) electrons. The molecule has 1 heterocycles. The molecule has 8 heteroatoms. The van der Waals surface area contributed by atoms with Crippen molar-refractivity contribution in [2.24, 2.45) is 4.99 Å². The van der Waals surface area contributed by atoms with E-state index in [2.05, 4.69) is 27.5 Å². The molecule has 0 fully saturated rings. The molecule has 2 aromatic rings. The van der Waals surface area contributed by atoms with Crippen molar-refractivity contribution in [1.29, 1.82) is 0 Å². The van der Waals surface area contributed by atoms with Crippen LogP contribution < -0.4 is 10.6 Å². The lowest BCUT2D eigenvalue weighted by molar-refractivity contribution is 0.551. The topological polar surface area (TPSA) is 49.3 Å². The van der Waals surface area contributed by atoms with Gasteiger partial charge in [0.05, 0.1) is 23.3 Å². The van der Waals surface area contributed by atoms with Gasteiger partial charge in [0, 0.05) is 23.6 Å². The van der Waals surface area contributed by atoms with Crippen LogP contribution in [0.3, 0.4) is 0 Å². The second kappa shape index (κ2) is 10.6. The lowest BCUT2D eigenvalue weighted by atomic mass is 10.1. The van der Waals surface area contributed by atoms with Gasteiger partial charge >= 0.3 is 0 Å². The molecule has 2 N–H and O–H groups in total. The van der Waals surface area contributed by atoms with Crippen molar-refractivity contribution in [3.8, 4) is 0 Å². The molecule has 0 amide bonds. The predicted molar refractivity (Wildman–Crippen MR) is 110 cm³/mol. The molecule has 0 saturated heterocycles. The summed E-state index contributed by atoms with van der Waals surface area (Å²) in [5.74, 6) is -0.586. The highest BCUT2D eigenvalue weighted by Crippen LogP contribution is 2.17. The van der Waals surface area contributed by atoms with E-state index in [-0.39, 0.29) is 30.0 Å². The minimum absolute atomic E-state index is 0. The Morgan fingerprint density at radius 3 is 2.68 bits per heavy atom. The number of hydrogen-bond acceptors (Lipinski definition) is 3. The fourth-order valence-corrected chi connectivity index (χ4v) is 2.94. The summed E-state index contributed by atoms with van der Waals surface area (Å²) < 4.78 is 26.9. The van der Waals surface area contributed by atoms with Gasteiger partial charge in [-0.05, 0) is 26.3 Å². The molecule has 0 spiro atoms. The van der Waals surface area contributed by atoms with Crippen LogP contribution in [0.5, 0.6) is 0 Å². The molecule has 2 rings (SSSR count). The van der Waals surface area contributed by atoms with Gasteiger partial charge in [-0.2, -0.15) is 0 Å². The van der Waals surface area contributed by atoms with E-state index in [0.717, 1.165) is 23.2 Å². The third-order valence-corrected chi connectivity index (χ3v) is 4.47. The van der Waals surface area contributed by atoms with Gasteiger partial charge in [-0.25, -0.2) is 18.8 Å². The molecule has 0 aliphatic rings. The van der Waals surface area contributed by atoms with Crippen LogP contribution in [-0.4, -0.2) is 17.5 Å². The van der Waals surface area contributed by atoms with Crippen molar-refractivity contribution in [2.45, 2.75) is 39.8 Å². The summed E-state index contributed by atoms with van der Waals surface area (Å²) in [6, 6.07) is 3.24. The van der Waals surface area contributed by atoms with Crippen molar-refractivity contribution in [1.82, 2.24) is 15.6 Å². The number of nitrogens with zero attached hydrogens (tertiary/aromatic N) is 2. The molecular formula is C17H23F2IN4S. The fourth-order valence-electron chi connectivity index (χ4n) is 2.20. The Kier molecular flexibility index (Phi) is 9.26. The maximum atomic E-state index is 13.9. The number of thiazole rings is 1. The van der Waals surface area contributed by atoms with Gasteiger partial charge in [-0.1, -0.05) is 13.0 Å². The van der Waals surface area contributed by atoms with E-state index in [1.54, 1.807) is 18.3 Å². The highest BCUT2D eigenvalue weighted by atomic mass is 127. The Morgan fingerprint density at radius 2 is 2.08 bits per heavy atom. The molecule has 0 bridgehead atoms. The molecule has 0 aliphatic carbocycles. The number of aliphatic imine (C=N–C) groups is 1. The van der Waals surface area contributed by atoms with Gasteiger partial charge < -0.3 is 10.6 Å². The second-order valence-electron chi connectivity index (χ2n) is 5.31. The number of aryl methyl sites for hydroxylation is 1. The molecule has 138 valence electrons. The van der Waals surface area contributed by atoms with Crippen LogP contribution in [0.1, 0.15) is 43.1 Å². The van der Waals surface area contributed by atoms with Gasteiger partial charge in [-0.3, -0.25) is 0 Å². The zero-order valence-electron chi connectivity index (χ0n) is 14.5. The first-order valence-corrected chi connectivity index (χ1v) is 8.84. The standard InChI is InChI=1S/C17H22F2N4S.HI/c1-4-16-23-13(10-24-16)9-21-17(20-5-2)22-11(3)14-7-6-12(18)8-15(14)19;/h6-8,10-11H,4-5,9H2,1-3H3,(H2,20,21,22);1H. The summed E-state index contributed by atoms with van der Waals surface area (Å²) in [6.07, 6.45) is 0.910. The van der Waals surface area contributed by atoms with E-state index >= 15 is 0 Å². The first-order chi connectivity index (χ1) is 11.5. The number of nitrogens with one attached hydrogen (secondary N) is 2. The fraction of sp³-hybridized carbons (Fsp3) is 0.412. The molecule has 1 aromatic carbocycles. The monoisotopic (exact) mass is 480 g/mol. The lowest BCUT2D eigenvalue weighted by Crippen LogP contribution is -2.39. The van der Waals surface area contributed by atoms with Gasteiger partial charge in [0.15, 0.2) is 5.96 Å². The summed E-state index contributed by atoms with van der Waals surface area (Å²) >= 11 is 1.62. The second-order valence-corrected chi connectivity index (χ2v) is 6.26. The molecule has 4 nitrogen and oxygen atoms in total. The molecule has 1 atom stereocenters. The van der Waals surface area contributed by atoms with Gasteiger partial charge in [-0.15, -0.1) is 35.3 Å². The van der Waals surface area contributed by atoms with Crippen molar-refractivity contribution in [2.75, 3.05) is 6.54 Å². The number of hydrogen-bond donors (Lipinski definition) is 2. The molecule has 0 saturated carbocycles. The van der Waals surface area contributed by atoms with E-state index in [1.807, 2.05) is 12.3 Å². The van der Waals surface area contributed by atoms with E-state index in [9.17, 15) is 8.78 Å². The highest BCUT2D eigenvalue weighted by molar-refractivity contribution is 14.0. The number of guanidine groups is 1. The quantitative estimate of drug-likeness (QED) is 0.366. The minimum Gasteiger partial charge on any atom is -0.357 e. The summed E-state index contributed by atoms with van der Waals surface area (Å²) in [5, 5.41) is 9.34. The van der Waals surface area contributed by atoms with E-state index < -0.39 is 11.6 Å². The number of halogens is 3. The SMILES string of the molecule is CCNC(=NCc1csc(CC)n1)NC(C)c1ccc(F)cc1F.I. The minimum atomic E-state index is -0.584. The van der Waals surface area contributed by atoms with Crippen molar-refractivity contribution in [3.05, 3.63) is 51.5 Å². The van der Waals surface area contributed by atoms with Crippen LogP contribution in [0, 0.1) is 11.6 Å². The van der Waals surface area contributed by atoms with Crippen LogP contribution in [-0.2, 0) is 13.0 Å².